The predicted octanol–water partition coefficient (Wildman–Crippen LogP) is 4.12. The predicted molar refractivity (Wildman–Crippen MR) is 118 cm³/mol. The fourth-order valence-corrected chi connectivity index (χ4v) is 4.79. The van der Waals surface area contributed by atoms with Crippen LogP contribution in [0.5, 0.6) is 0 Å². The van der Waals surface area contributed by atoms with E-state index in [9.17, 15) is 4.79 Å². The van der Waals surface area contributed by atoms with E-state index in [2.05, 4.69) is 16.7 Å². The topological polar surface area (TPSA) is 70.2 Å². The number of nitrogens with one attached hydrogen (secondary N) is 2. The summed E-state index contributed by atoms with van der Waals surface area (Å²) in [4.78, 5) is 23.8. The summed E-state index contributed by atoms with van der Waals surface area (Å²) >= 11 is 0. The van der Waals surface area contributed by atoms with Crippen molar-refractivity contribution in [1.82, 2.24) is 15.3 Å². The lowest BCUT2D eigenvalue weighted by atomic mass is 9.91. The Bertz CT molecular complexity index is 838. The largest absolute Gasteiger partial charge is 0.362 e. The molecule has 6 nitrogen and oxygen atoms in total. The molecule has 6 heteroatoms. The van der Waals surface area contributed by atoms with Gasteiger partial charge in [-0.1, -0.05) is 25.0 Å². The molecule has 2 N–H and O–H groups in total. The van der Waals surface area contributed by atoms with E-state index in [4.69, 9.17) is 9.97 Å². The minimum atomic E-state index is 0.252. The molecule has 0 bridgehead atoms. The zero-order valence-electron chi connectivity index (χ0n) is 17.7. The highest BCUT2D eigenvalue weighted by molar-refractivity contribution is 5.90. The molecule has 0 spiro atoms. The van der Waals surface area contributed by atoms with E-state index in [1.807, 2.05) is 37.2 Å². The van der Waals surface area contributed by atoms with Gasteiger partial charge in [-0.15, -0.1) is 0 Å². The molecule has 2 fully saturated rings. The van der Waals surface area contributed by atoms with E-state index >= 15 is 0 Å². The average Bonchev–Trinajstić information content (AvgIpc) is 3.21. The molecule has 2 saturated carbocycles. The van der Waals surface area contributed by atoms with Crippen LogP contribution in [0.25, 0.3) is 10.9 Å². The van der Waals surface area contributed by atoms with E-state index in [0.717, 1.165) is 48.8 Å². The molecule has 1 heterocycles. The highest BCUT2D eigenvalue weighted by atomic mass is 16.1. The number of carbonyl (C=O) groups is 1. The fraction of sp³-hybridized carbons (Fsp3) is 0.609. The van der Waals surface area contributed by atoms with Crippen LogP contribution < -0.4 is 15.5 Å². The molecule has 0 unspecified atom stereocenters. The number of nitrogens with zero attached hydrogens (tertiary/aromatic N) is 3. The number of carbonyl (C=O) groups excluding carboxylic acids is 1. The lowest BCUT2D eigenvalue weighted by molar-refractivity contribution is -0.122. The fourth-order valence-electron chi connectivity index (χ4n) is 4.79. The summed E-state index contributed by atoms with van der Waals surface area (Å²) < 4.78 is 0. The molecule has 156 valence electrons. The summed E-state index contributed by atoms with van der Waals surface area (Å²) in [5.41, 5.74) is 0.960. The van der Waals surface area contributed by atoms with Gasteiger partial charge in [0.15, 0.2) is 0 Å². The molecular formula is C23H33N5O. The molecule has 0 aliphatic heterocycles. The molecule has 1 aromatic heterocycles. The second kappa shape index (κ2) is 8.97. The van der Waals surface area contributed by atoms with Gasteiger partial charge in [0.1, 0.15) is 5.82 Å². The van der Waals surface area contributed by atoms with E-state index in [1.165, 1.54) is 25.7 Å². The lowest BCUT2D eigenvalue weighted by Crippen LogP contribution is -2.40. The van der Waals surface area contributed by atoms with Gasteiger partial charge >= 0.3 is 0 Å². The molecule has 2 aromatic rings. The maximum atomic E-state index is 12.3. The van der Waals surface area contributed by atoms with Gasteiger partial charge < -0.3 is 15.5 Å². The molecule has 1 amide bonds. The first-order chi connectivity index (χ1) is 14.1. The van der Waals surface area contributed by atoms with E-state index in [1.54, 1.807) is 0 Å². The van der Waals surface area contributed by atoms with Crippen molar-refractivity contribution in [1.29, 1.82) is 0 Å². The Labute approximate surface area is 173 Å². The van der Waals surface area contributed by atoms with Crippen LogP contribution in [0.1, 0.15) is 57.8 Å². The third-order valence-electron chi connectivity index (χ3n) is 6.38. The van der Waals surface area contributed by atoms with E-state index in [-0.39, 0.29) is 5.91 Å². The van der Waals surface area contributed by atoms with Gasteiger partial charge in [-0.3, -0.25) is 4.79 Å². The van der Waals surface area contributed by atoms with Crippen LogP contribution in [-0.4, -0.2) is 42.1 Å². The summed E-state index contributed by atoms with van der Waals surface area (Å²) in [5.74, 6) is 2.50. The number of para-hydroxylation sites is 1. The van der Waals surface area contributed by atoms with Crippen LogP contribution in [0.2, 0.25) is 0 Å². The number of amides is 1. The zero-order chi connectivity index (χ0) is 20.2. The van der Waals surface area contributed by atoms with Crippen molar-refractivity contribution >= 4 is 28.6 Å². The lowest BCUT2D eigenvalue weighted by Gasteiger charge is -2.30. The molecule has 0 atom stereocenters. The first-order valence-corrected chi connectivity index (χ1v) is 11.1. The first kappa shape index (κ1) is 19.9. The summed E-state index contributed by atoms with van der Waals surface area (Å²) in [7, 11) is 4.02. The Balaban J connectivity index is 1.32. The van der Waals surface area contributed by atoms with Crippen LogP contribution in [0.3, 0.4) is 0 Å². The molecule has 2 aliphatic carbocycles. The third-order valence-corrected chi connectivity index (χ3v) is 6.38. The number of fused-ring (bicyclic) bond motifs is 1. The standard InChI is InChI=1S/C23H33N5O/c1-28(2)22-19-9-5-6-10-20(19)26-23(27-22)25-18-13-11-17(12-14-18)24-21(29)15-16-7-3-4-8-16/h5-6,9-10,16-18H,3-4,7-8,11-15H2,1-2H3,(H,24,29)(H,25,26,27). The van der Waals surface area contributed by atoms with Crippen molar-refractivity contribution in [3.63, 3.8) is 0 Å². The van der Waals surface area contributed by atoms with E-state index in [0.29, 0.717) is 23.9 Å². The average molecular weight is 396 g/mol. The minimum Gasteiger partial charge on any atom is -0.362 e. The maximum absolute atomic E-state index is 12.3. The van der Waals surface area contributed by atoms with Crippen molar-refractivity contribution in [3.05, 3.63) is 24.3 Å². The number of rotatable bonds is 6. The quantitative estimate of drug-likeness (QED) is 0.770. The van der Waals surface area contributed by atoms with Gasteiger partial charge in [0.05, 0.1) is 5.52 Å². The maximum Gasteiger partial charge on any atom is 0.225 e. The molecule has 1 aromatic carbocycles. The van der Waals surface area contributed by atoms with Gasteiger partial charge in [-0.2, -0.15) is 4.98 Å². The molecular weight excluding hydrogens is 362 g/mol. The van der Waals surface area contributed by atoms with Crippen LogP contribution in [0, 0.1) is 5.92 Å². The van der Waals surface area contributed by atoms with Crippen molar-refractivity contribution in [3.8, 4) is 0 Å². The van der Waals surface area contributed by atoms with Gasteiger partial charge in [0.25, 0.3) is 0 Å². The van der Waals surface area contributed by atoms with Crippen LogP contribution in [0.4, 0.5) is 11.8 Å². The number of hydrogen-bond acceptors (Lipinski definition) is 5. The summed E-state index contributed by atoms with van der Waals surface area (Å²) in [6.07, 6.45) is 9.85. The SMILES string of the molecule is CN(C)c1nc(NC2CCC(NC(=O)CC3CCCC3)CC2)nc2ccccc12. The van der Waals surface area contributed by atoms with Crippen LogP contribution >= 0.6 is 0 Å². The molecule has 0 saturated heterocycles. The number of benzene rings is 1. The minimum absolute atomic E-state index is 0.252. The van der Waals surface area contributed by atoms with Crippen molar-refractivity contribution in [2.45, 2.75) is 69.9 Å². The molecule has 4 rings (SSSR count). The smallest absolute Gasteiger partial charge is 0.225 e. The highest BCUT2D eigenvalue weighted by Crippen LogP contribution is 2.28. The Hall–Kier alpha value is -2.37. The Morgan fingerprint density at radius 1 is 1.00 bits per heavy atom. The zero-order valence-corrected chi connectivity index (χ0v) is 17.7. The number of anilines is 2. The second-order valence-corrected chi connectivity index (χ2v) is 8.90. The Morgan fingerprint density at radius 3 is 2.41 bits per heavy atom. The summed E-state index contributed by atoms with van der Waals surface area (Å²) in [5, 5.41) is 7.88. The molecule has 2 aliphatic rings. The normalized spacial score (nSPS) is 22.6. The van der Waals surface area contributed by atoms with Gasteiger partial charge in [0, 0.05) is 38.0 Å². The number of aromatic nitrogens is 2. The van der Waals surface area contributed by atoms with Gasteiger partial charge in [-0.05, 0) is 56.6 Å². The van der Waals surface area contributed by atoms with Gasteiger partial charge in [-0.25, -0.2) is 4.98 Å². The summed E-state index contributed by atoms with van der Waals surface area (Å²) in [6, 6.07) is 8.80. The molecule has 29 heavy (non-hydrogen) atoms. The highest BCUT2D eigenvalue weighted by Gasteiger charge is 2.25. The molecule has 0 radical (unpaired) electrons. The Kier molecular flexibility index (Phi) is 6.16. The van der Waals surface area contributed by atoms with Crippen LogP contribution in [0.15, 0.2) is 24.3 Å². The third kappa shape index (κ3) is 4.98. The monoisotopic (exact) mass is 395 g/mol. The number of hydrogen-bond donors (Lipinski definition) is 2. The Morgan fingerprint density at radius 2 is 1.69 bits per heavy atom. The van der Waals surface area contributed by atoms with Crippen LogP contribution in [-0.2, 0) is 4.79 Å². The summed E-state index contributed by atoms with van der Waals surface area (Å²) in [6.45, 7) is 0. The first-order valence-electron chi connectivity index (χ1n) is 11.1. The van der Waals surface area contributed by atoms with Crippen molar-refractivity contribution in [2.24, 2.45) is 5.92 Å². The van der Waals surface area contributed by atoms with Gasteiger partial charge in [0.2, 0.25) is 11.9 Å². The second-order valence-electron chi connectivity index (χ2n) is 8.90. The van der Waals surface area contributed by atoms with Crippen molar-refractivity contribution in [2.75, 3.05) is 24.3 Å². The van der Waals surface area contributed by atoms with Crippen molar-refractivity contribution < 1.29 is 4.79 Å². The van der Waals surface area contributed by atoms with E-state index < -0.39 is 0 Å².